The zero-order valence-electron chi connectivity index (χ0n) is 10.4. The molecule has 1 aliphatic heterocycles. The molecule has 1 aliphatic rings. The van der Waals surface area contributed by atoms with Gasteiger partial charge in [0, 0.05) is 10.1 Å². The summed E-state index contributed by atoms with van der Waals surface area (Å²) >= 11 is 1.34. The Morgan fingerprint density at radius 3 is 2.53 bits per heavy atom. The summed E-state index contributed by atoms with van der Waals surface area (Å²) in [6.45, 7) is 3.20. The lowest BCUT2D eigenvalue weighted by atomic mass is 9.86. The molecule has 0 amide bonds. The van der Waals surface area contributed by atoms with Crippen molar-refractivity contribution in [1.82, 2.24) is 0 Å². The van der Waals surface area contributed by atoms with Crippen molar-refractivity contribution in [2.24, 2.45) is 5.41 Å². The summed E-state index contributed by atoms with van der Waals surface area (Å²) in [7, 11) is 0. The molecule has 0 radical (unpaired) electrons. The molecule has 1 heterocycles. The average molecular weight is 290 g/mol. The van der Waals surface area contributed by atoms with Gasteiger partial charge in [0.25, 0.3) is 0 Å². The van der Waals surface area contributed by atoms with Gasteiger partial charge in [-0.25, -0.2) is 0 Å². The molecule has 0 fully saturated rings. The number of hydrogen-bond donors (Lipinski definition) is 1. The SMILES string of the molecule is CC(C)(C(=O)O)C1Cc2cc(C(F)(F)F)ccc2S1. The Bertz CT molecular complexity index is 523. The Morgan fingerprint density at radius 1 is 1.37 bits per heavy atom. The van der Waals surface area contributed by atoms with Crippen molar-refractivity contribution in [2.75, 3.05) is 0 Å². The van der Waals surface area contributed by atoms with Gasteiger partial charge in [-0.05, 0) is 44.0 Å². The number of thioether (sulfide) groups is 1. The molecule has 1 atom stereocenters. The maximum Gasteiger partial charge on any atom is 0.416 e. The van der Waals surface area contributed by atoms with E-state index in [2.05, 4.69) is 0 Å². The summed E-state index contributed by atoms with van der Waals surface area (Å²) in [5.74, 6) is -0.936. The van der Waals surface area contributed by atoms with Crippen LogP contribution >= 0.6 is 11.8 Å². The standard InChI is InChI=1S/C13H13F3O2S/c1-12(2,11(17)18)10-6-7-5-8(13(14,15)16)3-4-9(7)19-10/h3-5,10H,6H2,1-2H3,(H,17,18). The zero-order valence-corrected chi connectivity index (χ0v) is 11.2. The lowest BCUT2D eigenvalue weighted by Crippen LogP contribution is -2.34. The van der Waals surface area contributed by atoms with Gasteiger partial charge in [0.05, 0.1) is 11.0 Å². The summed E-state index contributed by atoms with van der Waals surface area (Å²) in [6.07, 6.45) is -4.01. The van der Waals surface area contributed by atoms with Crippen LogP contribution in [-0.2, 0) is 17.4 Å². The normalized spacial score (nSPS) is 19.3. The van der Waals surface area contributed by atoms with Crippen molar-refractivity contribution in [1.29, 1.82) is 0 Å². The smallest absolute Gasteiger partial charge is 0.416 e. The largest absolute Gasteiger partial charge is 0.481 e. The third-order valence-corrected chi connectivity index (χ3v) is 5.11. The number of fused-ring (bicyclic) bond motifs is 1. The molecular formula is C13H13F3O2S. The Kier molecular flexibility index (Phi) is 3.33. The molecule has 0 saturated heterocycles. The first-order valence-corrected chi connectivity index (χ1v) is 6.60. The number of benzene rings is 1. The molecule has 0 spiro atoms. The monoisotopic (exact) mass is 290 g/mol. The van der Waals surface area contributed by atoms with E-state index in [1.807, 2.05) is 0 Å². The van der Waals surface area contributed by atoms with E-state index < -0.39 is 23.1 Å². The Hall–Kier alpha value is -1.17. The first-order valence-electron chi connectivity index (χ1n) is 5.72. The highest BCUT2D eigenvalue weighted by molar-refractivity contribution is 8.00. The minimum Gasteiger partial charge on any atom is -0.481 e. The van der Waals surface area contributed by atoms with Crippen LogP contribution in [0.5, 0.6) is 0 Å². The fourth-order valence-corrected chi connectivity index (χ4v) is 3.37. The molecule has 1 aromatic carbocycles. The van der Waals surface area contributed by atoms with Gasteiger partial charge in [-0.1, -0.05) is 0 Å². The van der Waals surface area contributed by atoms with Crippen LogP contribution < -0.4 is 0 Å². The fourth-order valence-electron chi connectivity index (χ4n) is 1.97. The first kappa shape index (κ1) is 14.2. The highest BCUT2D eigenvalue weighted by Crippen LogP contribution is 2.46. The van der Waals surface area contributed by atoms with Crippen LogP contribution in [-0.4, -0.2) is 16.3 Å². The van der Waals surface area contributed by atoms with Crippen LogP contribution in [0.1, 0.15) is 25.0 Å². The van der Waals surface area contributed by atoms with Crippen LogP contribution in [0.25, 0.3) is 0 Å². The lowest BCUT2D eigenvalue weighted by Gasteiger charge is -2.25. The van der Waals surface area contributed by atoms with Gasteiger partial charge < -0.3 is 5.11 Å². The molecule has 6 heteroatoms. The first-order chi connectivity index (χ1) is 8.62. The minimum atomic E-state index is -4.36. The Balaban J connectivity index is 2.29. The lowest BCUT2D eigenvalue weighted by molar-refractivity contribution is -0.146. The van der Waals surface area contributed by atoms with Crippen LogP contribution in [0.3, 0.4) is 0 Å². The second-order valence-corrected chi connectivity index (χ2v) is 6.40. The van der Waals surface area contributed by atoms with Crippen LogP contribution in [0, 0.1) is 5.41 Å². The minimum absolute atomic E-state index is 0.247. The van der Waals surface area contributed by atoms with Crippen molar-refractivity contribution in [2.45, 2.75) is 36.6 Å². The number of alkyl halides is 3. The van der Waals surface area contributed by atoms with Crippen molar-refractivity contribution < 1.29 is 23.1 Å². The molecule has 0 saturated carbocycles. The summed E-state index contributed by atoms with van der Waals surface area (Å²) in [5, 5.41) is 8.92. The van der Waals surface area contributed by atoms with Crippen molar-refractivity contribution in [3.8, 4) is 0 Å². The summed E-state index contributed by atoms with van der Waals surface area (Å²) in [6, 6.07) is 3.60. The van der Waals surface area contributed by atoms with Crippen molar-refractivity contribution >= 4 is 17.7 Å². The second kappa shape index (κ2) is 4.44. The van der Waals surface area contributed by atoms with E-state index in [1.54, 1.807) is 13.8 Å². The maximum atomic E-state index is 12.6. The number of halogens is 3. The van der Waals surface area contributed by atoms with E-state index in [-0.39, 0.29) is 5.25 Å². The molecule has 0 aliphatic carbocycles. The van der Waals surface area contributed by atoms with Crippen LogP contribution in [0.2, 0.25) is 0 Å². The summed E-state index contributed by atoms with van der Waals surface area (Å²) < 4.78 is 37.8. The molecule has 1 aromatic rings. The third-order valence-electron chi connectivity index (χ3n) is 3.42. The number of aliphatic carboxylic acids is 1. The molecule has 2 rings (SSSR count). The molecular weight excluding hydrogens is 277 g/mol. The predicted molar refractivity (Wildman–Crippen MR) is 66.2 cm³/mol. The van der Waals surface area contributed by atoms with E-state index in [9.17, 15) is 23.1 Å². The van der Waals surface area contributed by atoms with Gasteiger partial charge in [-0.2, -0.15) is 13.2 Å². The Labute approximate surface area is 113 Å². The van der Waals surface area contributed by atoms with Gasteiger partial charge in [0.1, 0.15) is 0 Å². The summed E-state index contributed by atoms with van der Waals surface area (Å²) in [5.41, 5.74) is -1.07. The summed E-state index contributed by atoms with van der Waals surface area (Å²) in [4.78, 5) is 11.9. The van der Waals surface area contributed by atoms with Crippen LogP contribution in [0.4, 0.5) is 13.2 Å². The quantitative estimate of drug-likeness (QED) is 0.899. The van der Waals surface area contributed by atoms with Gasteiger partial charge in [0.2, 0.25) is 0 Å². The van der Waals surface area contributed by atoms with Gasteiger partial charge in [-0.15, -0.1) is 11.8 Å². The third kappa shape index (κ3) is 2.59. The van der Waals surface area contributed by atoms with E-state index in [4.69, 9.17) is 0 Å². The van der Waals surface area contributed by atoms with Crippen molar-refractivity contribution in [3.63, 3.8) is 0 Å². The molecule has 1 unspecified atom stereocenters. The maximum absolute atomic E-state index is 12.6. The predicted octanol–water partition coefficient (Wildman–Crippen LogP) is 3.83. The van der Waals surface area contributed by atoms with E-state index in [0.717, 1.165) is 17.0 Å². The highest BCUT2D eigenvalue weighted by atomic mass is 32.2. The van der Waals surface area contributed by atoms with Gasteiger partial charge >= 0.3 is 12.1 Å². The number of hydrogen-bond acceptors (Lipinski definition) is 2. The second-order valence-electron chi connectivity index (χ2n) is 5.16. The van der Waals surface area contributed by atoms with Gasteiger partial charge in [-0.3, -0.25) is 4.79 Å². The van der Waals surface area contributed by atoms with E-state index in [1.165, 1.54) is 17.8 Å². The van der Waals surface area contributed by atoms with E-state index >= 15 is 0 Å². The molecule has 0 aromatic heterocycles. The highest BCUT2D eigenvalue weighted by Gasteiger charge is 2.42. The molecule has 19 heavy (non-hydrogen) atoms. The topological polar surface area (TPSA) is 37.3 Å². The molecule has 104 valence electrons. The van der Waals surface area contributed by atoms with Crippen LogP contribution in [0.15, 0.2) is 23.1 Å². The number of carbonyl (C=O) groups is 1. The van der Waals surface area contributed by atoms with Crippen molar-refractivity contribution in [3.05, 3.63) is 29.3 Å². The van der Waals surface area contributed by atoms with Gasteiger partial charge in [0.15, 0.2) is 0 Å². The molecule has 0 bridgehead atoms. The van der Waals surface area contributed by atoms with E-state index in [0.29, 0.717) is 12.0 Å². The number of carboxylic acids is 1. The average Bonchev–Trinajstić information content (AvgIpc) is 2.70. The molecule has 2 nitrogen and oxygen atoms in total. The number of rotatable bonds is 2. The zero-order chi connectivity index (χ0) is 14.4. The molecule has 1 N–H and O–H groups in total. The fraction of sp³-hybridized carbons (Fsp3) is 0.462. The number of carboxylic acid groups (broad SMARTS) is 1. The Morgan fingerprint density at radius 2 is 2.00 bits per heavy atom.